The Balaban J connectivity index is 1.36. The highest BCUT2D eigenvalue weighted by atomic mass is 16.2. The van der Waals surface area contributed by atoms with E-state index in [1.54, 1.807) is 6.20 Å². The Hall–Kier alpha value is -1.43. The van der Waals surface area contributed by atoms with Crippen molar-refractivity contribution < 1.29 is 4.79 Å². The maximum Gasteiger partial charge on any atom is 0.240 e. The molecular formula is C14H21N5O. The molecule has 3 heterocycles. The smallest absolute Gasteiger partial charge is 0.240 e. The second-order valence-corrected chi connectivity index (χ2v) is 6.22. The van der Waals surface area contributed by atoms with Crippen LogP contribution in [0.1, 0.15) is 38.1 Å². The zero-order chi connectivity index (χ0) is 13.5. The van der Waals surface area contributed by atoms with Crippen molar-refractivity contribution >= 4 is 5.91 Å². The number of hydrogen-bond donors (Lipinski definition) is 0. The molecule has 4 rings (SSSR count). The first-order chi connectivity index (χ1) is 9.83. The van der Waals surface area contributed by atoms with E-state index in [1.165, 1.54) is 12.8 Å². The van der Waals surface area contributed by atoms with Crippen LogP contribution in [-0.4, -0.2) is 62.4 Å². The molecule has 6 heteroatoms. The topological polar surface area (TPSA) is 54.3 Å². The Morgan fingerprint density at radius 1 is 1.00 bits per heavy atom. The number of amides is 1. The molecule has 1 amide bonds. The standard InChI is InChI=1S/C14H21N5O/c20-14-13(5-9-18(14)11-1-2-11)17-7-3-12(4-8-17)19-10-6-15-16-19/h6,10-13H,1-5,7-9H2. The van der Waals surface area contributed by atoms with Gasteiger partial charge < -0.3 is 4.90 Å². The van der Waals surface area contributed by atoms with Gasteiger partial charge in [0.05, 0.1) is 18.3 Å². The van der Waals surface area contributed by atoms with Crippen LogP contribution in [-0.2, 0) is 4.79 Å². The highest BCUT2D eigenvalue weighted by Gasteiger charge is 2.43. The predicted molar refractivity (Wildman–Crippen MR) is 73.0 cm³/mol. The molecule has 1 unspecified atom stereocenters. The van der Waals surface area contributed by atoms with Gasteiger partial charge in [-0.05, 0) is 32.1 Å². The molecule has 0 bridgehead atoms. The lowest BCUT2D eigenvalue weighted by Gasteiger charge is -2.34. The van der Waals surface area contributed by atoms with Crippen LogP contribution in [0.3, 0.4) is 0 Å². The fourth-order valence-electron chi connectivity index (χ4n) is 3.65. The van der Waals surface area contributed by atoms with E-state index < -0.39 is 0 Å². The largest absolute Gasteiger partial charge is 0.338 e. The van der Waals surface area contributed by atoms with Crippen molar-refractivity contribution in [1.29, 1.82) is 0 Å². The van der Waals surface area contributed by atoms with E-state index in [0.29, 0.717) is 18.0 Å². The highest BCUT2D eigenvalue weighted by Crippen LogP contribution is 2.33. The fourth-order valence-corrected chi connectivity index (χ4v) is 3.65. The van der Waals surface area contributed by atoms with Crippen molar-refractivity contribution in [2.75, 3.05) is 19.6 Å². The normalized spacial score (nSPS) is 29.3. The molecule has 1 saturated carbocycles. The van der Waals surface area contributed by atoms with Crippen LogP contribution in [0.25, 0.3) is 0 Å². The molecular weight excluding hydrogens is 254 g/mol. The third kappa shape index (κ3) is 2.12. The number of nitrogens with zero attached hydrogens (tertiary/aromatic N) is 5. The monoisotopic (exact) mass is 275 g/mol. The molecule has 0 radical (unpaired) electrons. The third-order valence-electron chi connectivity index (χ3n) is 4.95. The lowest BCUT2D eigenvalue weighted by molar-refractivity contribution is -0.133. The summed E-state index contributed by atoms with van der Waals surface area (Å²) in [6, 6.07) is 1.16. The van der Waals surface area contributed by atoms with Gasteiger partial charge in [0, 0.05) is 31.9 Å². The van der Waals surface area contributed by atoms with Gasteiger partial charge in [0.15, 0.2) is 0 Å². The minimum atomic E-state index is 0.146. The van der Waals surface area contributed by atoms with Gasteiger partial charge in [-0.15, -0.1) is 5.10 Å². The molecule has 2 aliphatic heterocycles. The van der Waals surface area contributed by atoms with E-state index in [9.17, 15) is 4.79 Å². The van der Waals surface area contributed by atoms with Crippen molar-refractivity contribution in [3.63, 3.8) is 0 Å². The number of hydrogen-bond acceptors (Lipinski definition) is 4. The van der Waals surface area contributed by atoms with E-state index in [-0.39, 0.29) is 6.04 Å². The number of piperidine rings is 1. The van der Waals surface area contributed by atoms with Crippen molar-refractivity contribution in [2.24, 2.45) is 0 Å². The Kier molecular flexibility index (Phi) is 2.98. The number of likely N-dealkylation sites (tertiary alicyclic amines) is 2. The minimum absolute atomic E-state index is 0.146. The lowest BCUT2D eigenvalue weighted by Crippen LogP contribution is -2.46. The predicted octanol–water partition coefficient (Wildman–Crippen LogP) is 0.678. The molecule has 3 fully saturated rings. The molecule has 2 saturated heterocycles. The van der Waals surface area contributed by atoms with Gasteiger partial charge in [-0.1, -0.05) is 5.21 Å². The van der Waals surface area contributed by atoms with Crippen molar-refractivity contribution in [2.45, 2.75) is 50.2 Å². The summed E-state index contributed by atoms with van der Waals surface area (Å²) in [6.07, 6.45) is 9.26. The lowest BCUT2D eigenvalue weighted by atomic mass is 10.0. The summed E-state index contributed by atoms with van der Waals surface area (Å²) in [7, 11) is 0. The van der Waals surface area contributed by atoms with Crippen LogP contribution in [0.15, 0.2) is 12.4 Å². The minimum Gasteiger partial charge on any atom is -0.338 e. The summed E-state index contributed by atoms with van der Waals surface area (Å²) in [4.78, 5) is 17.0. The quantitative estimate of drug-likeness (QED) is 0.814. The molecule has 0 N–H and O–H groups in total. The number of carbonyl (C=O) groups is 1. The molecule has 1 aromatic heterocycles. The molecule has 6 nitrogen and oxygen atoms in total. The summed E-state index contributed by atoms with van der Waals surface area (Å²) in [6.45, 7) is 2.97. The second-order valence-electron chi connectivity index (χ2n) is 6.22. The summed E-state index contributed by atoms with van der Waals surface area (Å²) in [5.74, 6) is 0.381. The maximum atomic E-state index is 12.5. The number of aromatic nitrogens is 3. The molecule has 1 aliphatic carbocycles. The molecule has 20 heavy (non-hydrogen) atoms. The molecule has 0 aromatic carbocycles. The first-order valence-electron chi connectivity index (χ1n) is 7.73. The maximum absolute atomic E-state index is 12.5. The van der Waals surface area contributed by atoms with Crippen molar-refractivity contribution in [3.8, 4) is 0 Å². The SMILES string of the molecule is O=C1C(N2CCC(n3ccnn3)CC2)CCN1C1CC1. The summed E-state index contributed by atoms with van der Waals surface area (Å²) in [5, 5.41) is 7.97. The second kappa shape index (κ2) is 4.84. The summed E-state index contributed by atoms with van der Waals surface area (Å²) in [5.41, 5.74) is 0. The zero-order valence-electron chi connectivity index (χ0n) is 11.7. The van der Waals surface area contributed by atoms with Gasteiger partial charge in [0.25, 0.3) is 0 Å². The Morgan fingerprint density at radius 3 is 2.45 bits per heavy atom. The zero-order valence-corrected chi connectivity index (χ0v) is 11.7. The molecule has 3 aliphatic rings. The first-order valence-corrected chi connectivity index (χ1v) is 7.73. The molecule has 108 valence electrons. The van der Waals surface area contributed by atoms with Crippen LogP contribution in [0, 0.1) is 0 Å². The van der Waals surface area contributed by atoms with Gasteiger partial charge in [0.2, 0.25) is 5.91 Å². The van der Waals surface area contributed by atoms with Gasteiger partial charge in [-0.2, -0.15) is 0 Å². The van der Waals surface area contributed by atoms with Gasteiger partial charge in [-0.25, -0.2) is 4.68 Å². The summed E-state index contributed by atoms with van der Waals surface area (Å²) >= 11 is 0. The van der Waals surface area contributed by atoms with Crippen LogP contribution < -0.4 is 0 Å². The van der Waals surface area contributed by atoms with Crippen molar-refractivity contribution in [1.82, 2.24) is 24.8 Å². The van der Waals surface area contributed by atoms with Crippen molar-refractivity contribution in [3.05, 3.63) is 12.4 Å². The van der Waals surface area contributed by atoms with Crippen LogP contribution in [0.2, 0.25) is 0 Å². The van der Waals surface area contributed by atoms with Gasteiger partial charge >= 0.3 is 0 Å². The average Bonchev–Trinajstić information content (AvgIpc) is 3.02. The van der Waals surface area contributed by atoms with E-state index in [4.69, 9.17) is 0 Å². The van der Waals surface area contributed by atoms with Crippen LogP contribution in [0.5, 0.6) is 0 Å². The van der Waals surface area contributed by atoms with E-state index in [1.807, 2.05) is 10.9 Å². The fraction of sp³-hybridized carbons (Fsp3) is 0.786. The average molecular weight is 275 g/mol. The van der Waals surface area contributed by atoms with E-state index in [2.05, 4.69) is 20.1 Å². The summed E-state index contributed by atoms with van der Waals surface area (Å²) < 4.78 is 1.96. The first kappa shape index (κ1) is 12.3. The van der Waals surface area contributed by atoms with E-state index >= 15 is 0 Å². The number of rotatable bonds is 3. The molecule has 0 spiro atoms. The molecule has 1 atom stereocenters. The third-order valence-corrected chi connectivity index (χ3v) is 4.95. The van der Waals surface area contributed by atoms with Crippen LogP contribution >= 0.6 is 0 Å². The Morgan fingerprint density at radius 2 is 1.80 bits per heavy atom. The Labute approximate surface area is 118 Å². The Bertz CT molecular complexity index is 476. The van der Waals surface area contributed by atoms with Gasteiger partial charge in [0.1, 0.15) is 0 Å². The number of carbonyl (C=O) groups excluding carboxylic acids is 1. The van der Waals surface area contributed by atoms with Gasteiger partial charge in [-0.3, -0.25) is 9.69 Å². The molecule has 1 aromatic rings. The van der Waals surface area contributed by atoms with Crippen LogP contribution in [0.4, 0.5) is 0 Å². The highest BCUT2D eigenvalue weighted by molar-refractivity contribution is 5.84. The van der Waals surface area contributed by atoms with E-state index in [0.717, 1.165) is 38.9 Å².